The standard InChI is InChI=1S/C11H16N4O/c1-15-5-4-9-8(6-15)10(12-7-2-3-7)14-11(16)13-9/h7H,2-6H2,1H3,(H2,12,13,14,16). The third-order valence-electron chi connectivity index (χ3n) is 3.21. The van der Waals surface area contributed by atoms with Gasteiger partial charge in [0.1, 0.15) is 5.82 Å². The number of hydrogen-bond acceptors (Lipinski definition) is 4. The molecule has 1 aliphatic heterocycles. The Hall–Kier alpha value is -1.36. The number of nitrogens with one attached hydrogen (secondary N) is 2. The van der Waals surface area contributed by atoms with Crippen LogP contribution in [-0.4, -0.2) is 34.5 Å². The molecule has 1 aromatic heterocycles. The summed E-state index contributed by atoms with van der Waals surface area (Å²) in [5.41, 5.74) is 1.99. The highest BCUT2D eigenvalue weighted by molar-refractivity contribution is 5.48. The van der Waals surface area contributed by atoms with Gasteiger partial charge in [0.25, 0.3) is 0 Å². The highest BCUT2D eigenvalue weighted by Gasteiger charge is 2.25. The normalized spacial score (nSPS) is 20.6. The Balaban J connectivity index is 2.00. The first-order valence-electron chi connectivity index (χ1n) is 5.79. The van der Waals surface area contributed by atoms with Crippen LogP contribution in [0.2, 0.25) is 0 Å². The van der Waals surface area contributed by atoms with E-state index in [0.717, 1.165) is 31.0 Å². The van der Waals surface area contributed by atoms with Gasteiger partial charge in [0.2, 0.25) is 0 Å². The third-order valence-corrected chi connectivity index (χ3v) is 3.21. The maximum absolute atomic E-state index is 11.4. The van der Waals surface area contributed by atoms with Crippen molar-refractivity contribution in [2.75, 3.05) is 18.9 Å². The van der Waals surface area contributed by atoms with Crippen molar-refractivity contribution in [3.05, 3.63) is 21.7 Å². The summed E-state index contributed by atoms with van der Waals surface area (Å²) >= 11 is 0. The van der Waals surface area contributed by atoms with E-state index >= 15 is 0 Å². The van der Waals surface area contributed by atoms with Gasteiger partial charge in [-0.15, -0.1) is 0 Å². The lowest BCUT2D eigenvalue weighted by Gasteiger charge is -2.25. The molecule has 2 aliphatic rings. The van der Waals surface area contributed by atoms with Crippen molar-refractivity contribution < 1.29 is 0 Å². The lowest BCUT2D eigenvalue weighted by molar-refractivity contribution is 0.309. The van der Waals surface area contributed by atoms with Crippen LogP contribution in [0.4, 0.5) is 5.82 Å². The number of rotatable bonds is 2. The fourth-order valence-electron chi connectivity index (χ4n) is 2.12. The molecule has 0 unspecified atom stereocenters. The van der Waals surface area contributed by atoms with Crippen LogP contribution in [0, 0.1) is 0 Å². The van der Waals surface area contributed by atoms with Crippen molar-refractivity contribution in [2.24, 2.45) is 0 Å². The molecule has 86 valence electrons. The van der Waals surface area contributed by atoms with Gasteiger partial charge in [-0.3, -0.25) is 0 Å². The van der Waals surface area contributed by atoms with E-state index in [1.54, 1.807) is 0 Å². The van der Waals surface area contributed by atoms with Crippen LogP contribution < -0.4 is 11.0 Å². The topological polar surface area (TPSA) is 61.0 Å². The molecule has 0 atom stereocenters. The van der Waals surface area contributed by atoms with E-state index in [4.69, 9.17) is 0 Å². The predicted molar refractivity (Wildman–Crippen MR) is 61.5 cm³/mol. The van der Waals surface area contributed by atoms with Gasteiger partial charge in [-0.25, -0.2) is 4.79 Å². The molecular weight excluding hydrogens is 204 g/mol. The van der Waals surface area contributed by atoms with Crippen molar-refractivity contribution in [3.8, 4) is 0 Å². The van der Waals surface area contributed by atoms with E-state index in [1.165, 1.54) is 18.4 Å². The number of aromatic amines is 1. The summed E-state index contributed by atoms with van der Waals surface area (Å²) in [4.78, 5) is 20.6. The number of anilines is 1. The molecule has 0 amide bonds. The Morgan fingerprint density at radius 2 is 2.31 bits per heavy atom. The van der Waals surface area contributed by atoms with E-state index in [9.17, 15) is 4.79 Å². The molecule has 5 heteroatoms. The van der Waals surface area contributed by atoms with Crippen LogP contribution in [-0.2, 0) is 13.0 Å². The number of aromatic nitrogens is 2. The molecule has 0 bridgehead atoms. The molecule has 2 N–H and O–H groups in total. The zero-order chi connectivity index (χ0) is 11.1. The summed E-state index contributed by atoms with van der Waals surface area (Å²) in [6.45, 7) is 1.87. The SMILES string of the molecule is CN1CCc2[nH]c(=O)nc(NC3CC3)c2C1. The first-order chi connectivity index (χ1) is 7.72. The predicted octanol–water partition coefficient (Wildman–Crippen LogP) is 0.332. The lowest BCUT2D eigenvalue weighted by atomic mass is 10.1. The molecule has 1 saturated carbocycles. The molecule has 0 spiro atoms. The Bertz CT molecular complexity index is 464. The van der Waals surface area contributed by atoms with Crippen LogP contribution >= 0.6 is 0 Å². The second-order valence-electron chi connectivity index (χ2n) is 4.75. The Morgan fingerprint density at radius 1 is 1.50 bits per heavy atom. The van der Waals surface area contributed by atoms with Crippen molar-refractivity contribution in [1.29, 1.82) is 0 Å². The van der Waals surface area contributed by atoms with Crippen molar-refractivity contribution in [2.45, 2.75) is 31.8 Å². The fourth-order valence-corrected chi connectivity index (χ4v) is 2.12. The first-order valence-corrected chi connectivity index (χ1v) is 5.79. The minimum atomic E-state index is -0.230. The van der Waals surface area contributed by atoms with Crippen LogP contribution in [0.3, 0.4) is 0 Å². The largest absolute Gasteiger partial charge is 0.367 e. The summed E-state index contributed by atoms with van der Waals surface area (Å²) in [5.74, 6) is 0.799. The van der Waals surface area contributed by atoms with E-state index in [-0.39, 0.29) is 5.69 Å². The number of fused-ring (bicyclic) bond motifs is 1. The second kappa shape index (κ2) is 3.59. The molecule has 0 saturated heterocycles. The first kappa shape index (κ1) is 9.84. The van der Waals surface area contributed by atoms with Crippen LogP contribution in [0.25, 0.3) is 0 Å². The minimum absolute atomic E-state index is 0.230. The Morgan fingerprint density at radius 3 is 3.06 bits per heavy atom. The van der Waals surface area contributed by atoms with Crippen molar-refractivity contribution in [1.82, 2.24) is 14.9 Å². The van der Waals surface area contributed by atoms with Gasteiger partial charge in [-0.1, -0.05) is 0 Å². The van der Waals surface area contributed by atoms with Gasteiger partial charge in [0.05, 0.1) is 0 Å². The molecule has 3 rings (SSSR count). The zero-order valence-electron chi connectivity index (χ0n) is 9.42. The van der Waals surface area contributed by atoms with E-state index < -0.39 is 0 Å². The molecular formula is C11H16N4O. The summed E-state index contributed by atoms with van der Waals surface area (Å²) in [7, 11) is 2.09. The monoisotopic (exact) mass is 220 g/mol. The highest BCUT2D eigenvalue weighted by Crippen LogP contribution is 2.27. The fraction of sp³-hybridized carbons (Fsp3) is 0.636. The Kier molecular flexibility index (Phi) is 2.21. The quantitative estimate of drug-likeness (QED) is 0.754. The van der Waals surface area contributed by atoms with Gasteiger partial charge >= 0.3 is 5.69 Å². The van der Waals surface area contributed by atoms with Crippen molar-refractivity contribution in [3.63, 3.8) is 0 Å². The van der Waals surface area contributed by atoms with Crippen LogP contribution in [0.1, 0.15) is 24.1 Å². The number of H-pyrrole nitrogens is 1. The molecule has 2 heterocycles. The maximum atomic E-state index is 11.4. The number of hydrogen-bond donors (Lipinski definition) is 2. The molecule has 1 fully saturated rings. The van der Waals surface area contributed by atoms with E-state index in [1.807, 2.05) is 0 Å². The highest BCUT2D eigenvalue weighted by atomic mass is 16.1. The van der Waals surface area contributed by atoms with E-state index in [0.29, 0.717) is 6.04 Å². The smallest absolute Gasteiger partial charge is 0.347 e. The second-order valence-corrected chi connectivity index (χ2v) is 4.75. The van der Waals surface area contributed by atoms with Gasteiger partial charge in [-0.05, 0) is 19.9 Å². The van der Waals surface area contributed by atoms with E-state index in [2.05, 4.69) is 27.2 Å². The molecule has 1 aliphatic carbocycles. The summed E-state index contributed by atoms with van der Waals surface area (Å²) in [6, 6.07) is 0.533. The molecule has 0 radical (unpaired) electrons. The zero-order valence-corrected chi connectivity index (χ0v) is 9.42. The van der Waals surface area contributed by atoms with Crippen LogP contribution in [0.5, 0.6) is 0 Å². The van der Waals surface area contributed by atoms with Gasteiger partial charge in [-0.2, -0.15) is 4.98 Å². The lowest BCUT2D eigenvalue weighted by Crippen LogP contribution is -2.31. The molecule has 0 aromatic carbocycles. The number of likely N-dealkylation sites (N-methyl/N-ethyl adjacent to an activating group) is 1. The van der Waals surface area contributed by atoms with Gasteiger partial charge in [0, 0.05) is 36.8 Å². The average Bonchev–Trinajstić information content (AvgIpc) is 3.03. The summed E-state index contributed by atoms with van der Waals surface area (Å²) in [6.07, 6.45) is 3.29. The van der Waals surface area contributed by atoms with Gasteiger partial charge in [0.15, 0.2) is 0 Å². The molecule has 5 nitrogen and oxygen atoms in total. The third kappa shape index (κ3) is 1.82. The van der Waals surface area contributed by atoms with Crippen LogP contribution in [0.15, 0.2) is 4.79 Å². The van der Waals surface area contributed by atoms with Crippen molar-refractivity contribution >= 4 is 5.82 Å². The summed E-state index contributed by atoms with van der Waals surface area (Å²) in [5, 5.41) is 3.35. The maximum Gasteiger partial charge on any atom is 0.347 e. The molecule has 16 heavy (non-hydrogen) atoms. The van der Waals surface area contributed by atoms with Gasteiger partial charge < -0.3 is 15.2 Å². The minimum Gasteiger partial charge on any atom is -0.367 e. The molecule has 1 aromatic rings. The number of nitrogens with zero attached hydrogens (tertiary/aromatic N) is 2. The Labute approximate surface area is 93.9 Å². The average molecular weight is 220 g/mol. The summed E-state index contributed by atoms with van der Waals surface area (Å²) < 4.78 is 0.